The van der Waals surface area contributed by atoms with E-state index >= 15 is 0 Å². The molecular formula is C31H42FN7O2. The summed E-state index contributed by atoms with van der Waals surface area (Å²) < 4.78 is 13.5. The molecule has 0 saturated carbocycles. The molecule has 10 heteroatoms. The van der Waals surface area contributed by atoms with E-state index in [-0.39, 0.29) is 24.2 Å². The SMILES string of the molecule is C#C.CCCNc1nc(Nc2cccc(F)c2)ncc1C#CC(C)(C)CCNC(=O)CN(C)C(=O)/C=C/CN(C)C. The van der Waals surface area contributed by atoms with Gasteiger partial charge in [-0.15, -0.1) is 12.8 Å². The van der Waals surface area contributed by atoms with Crippen LogP contribution in [0, 0.1) is 35.9 Å². The zero-order chi connectivity index (χ0) is 30.8. The zero-order valence-corrected chi connectivity index (χ0v) is 24.9. The molecule has 2 rings (SSSR count). The molecular weight excluding hydrogens is 521 g/mol. The average Bonchev–Trinajstić information content (AvgIpc) is 2.92. The van der Waals surface area contributed by atoms with Crippen LogP contribution < -0.4 is 16.0 Å². The lowest BCUT2D eigenvalue weighted by molar-refractivity contribution is -0.131. The van der Waals surface area contributed by atoms with Crippen LogP contribution in [-0.2, 0) is 9.59 Å². The Morgan fingerprint density at radius 3 is 2.56 bits per heavy atom. The minimum atomic E-state index is -0.398. The van der Waals surface area contributed by atoms with Crippen molar-refractivity contribution < 1.29 is 14.0 Å². The Labute approximate surface area is 244 Å². The summed E-state index contributed by atoms with van der Waals surface area (Å²) in [6.07, 6.45) is 14.4. The predicted octanol–water partition coefficient (Wildman–Crippen LogP) is 3.89. The first kappa shape index (κ1) is 34.6. The number of carbonyl (C=O) groups excluding carboxylic acids is 2. The van der Waals surface area contributed by atoms with Gasteiger partial charge in [0.2, 0.25) is 17.8 Å². The summed E-state index contributed by atoms with van der Waals surface area (Å²) in [5, 5.41) is 9.16. The van der Waals surface area contributed by atoms with Crippen molar-refractivity contribution in [3.05, 3.63) is 54.0 Å². The zero-order valence-electron chi connectivity index (χ0n) is 24.9. The summed E-state index contributed by atoms with van der Waals surface area (Å²) in [4.78, 5) is 36.6. The topological polar surface area (TPSA) is 102 Å². The molecule has 0 fully saturated rings. The van der Waals surface area contributed by atoms with Crippen molar-refractivity contribution in [2.24, 2.45) is 5.41 Å². The molecule has 0 aliphatic carbocycles. The van der Waals surface area contributed by atoms with Crippen molar-refractivity contribution in [1.29, 1.82) is 0 Å². The average molecular weight is 564 g/mol. The number of terminal acetylenes is 1. The Morgan fingerprint density at radius 2 is 1.90 bits per heavy atom. The summed E-state index contributed by atoms with van der Waals surface area (Å²) in [6, 6.07) is 6.09. The Balaban J connectivity index is 0.00000411. The second-order valence-corrected chi connectivity index (χ2v) is 10.1. The van der Waals surface area contributed by atoms with E-state index in [9.17, 15) is 14.0 Å². The summed E-state index contributed by atoms with van der Waals surface area (Å²) in [7, 11) is 5.43. The van der Waals surface area contributed by atoms with Crippen molar-refractivity contribution in [3.63, 3.8) is 0 Å². The van der Waals surface area contributed by atoms with Crippen LogP contribution in [0.1, 0.15) is 39.2 Å². The fourth-order valence-corrected chi connectivity index (χ4v) is 3.26. The number of halogens is 1. The standard InChI is InChI=1S/C29H40FN7O2.C2H2/c1-7-16-32-27-22(20-33-28(35-27)34-24-11-8-10-23(30)19-24)13-14-29(2,3)15-17-31-25(38)21-37(6)26(39)12-9-18-36(4)5;1-2/h8-12,19-20H,7,15-18,21H2,1-6H3,(H,31,38)(H2,32,33,34,35);1-2H/b12-9+;. The molecule has 9 nitrogen and oxygen atoms in total. The van der Waals surface area contributed by atoms with Crippen LogP contribution in [0.5, 0.6) is 0 Å². The number of nitrogens with one attached hydrogen (secondary N) is 3. The van der Waals surface area contributed by atoms with Crippen molar-refractivity contribution in [3.8, 4) is 24.7 Å². The van der Waals surface area contributed by atoms with Crippen molar-refractivity contribution in [2.45, 2.75) is 33.6 Å². The highest BCUT2D eigenvalue weighted by Gasteiger charge is 2.16. The highest BCUT2D eigenvalue weighted by Crippen LogP contribution is 2.21. The highest BCUT2D eigenvalue weighted by molar-refractivity contribution is 5.91. The molecule has 1 heterocycles. The second-order valence-electron chi connectivity index (χ2n) is 10.1. The van der Waals surface area contributed by atoms with Gasteiger partial charge in [0.15, 0.2) is 0 Å². The quantitative estimate of drug-likeness (QED) is 0.251. The fourth-order valence-electron chi connectivity index (χ4n) is 3.26. The lowest BCUT2D eigenvalue weighted by Gasteiger charge is -2.19. The normalized spacial score (nSPS) is 10.7. The molecule has 1 aromatic carbocycles. The molecule has 0 radical (unpaired) electrons. The fraction of sp³-hybridized carbons (Fsp3) is 0.419. The second kappa shape index (κ2) is 18.0. The van der Waals surface area contributed by atoms with Gasteiger partial charge in [-0.05, 0) is 59.0 Å². The number of hydrogen-bond donors (Lipinski definition) is 3. The molecule has 3 N–H and O–H groups in total. The van der Waals surface area contributed by atoms with Gasteiger partial charge in [0, 0.05) is 43.9 Å². The van der Waals surface area contributed by atoms with Gasteiger partial charge in [-0.2, -0.15) is 4.98 Å². The van der Waals surface area contributed by atoms with Gasteiger partial charge in [0.1, 0.15) is 11.6 Å². The molecule has 0 saturated heterocycles. The summed E-state index contributed by atoms with van der Waals surface area (Å²) in [5.41, 5.74) is 0.798. The van der Waals surface area contributed by atoms with Gasteiger partial charge in [-0.1, -0.05) is 30.9 Å². The van der Waals surface area contributed by atoms with E-state index in [2.05, 4.69) is 57.5 Å². The first-order valence-electron chi connectivity index (χ1n) is 13.3. The largest absolute Gasteiger partial charge is 0.369 e. The smallest absolute Gasteiger partial charge is 0.246 e. The van der Waals surface area contributed by atoms with Crippen LogP contribution >= 0.6 is 0 Å². The molecule has 1 aromatic heterocycles. The van der Waals surface area contributed by atoms with Gasteiger partial charge in [-0.3, -0.25) is 9.59 Å². The van der Waals surface area contributed by atoms with Crippen LogP contribution in [0.4, 0.5) is 21.8 Å². The summed E-state index contributed by atoms with van der Waals surface area (Å²) >= 11 is 0. The third kappa shape index (κ3) is 14.0. The Bertz CT molecular complexity index is 1250. The molecule has 0 aliphatic rings. The van der Waals surface area contributed by atoms with Crippen LogP contribution in [0.15, 0.2) is 42.6 Å². The Morgan fingerprint density at radius 1 is 1.17 bits per heavy atom. The van der Waals surface area contributed by atoms with Crippen molar-refractivity contribution >= 4 is 29.3 Å². The lowest BCUT2D eigenvalue weighted by Crippen LogP contribution is -2.38. The molecule has 0 unspecified atom stereocenters. The first-order valence-corrected chi connectivity index (χ1v) is 13.3. The minimum absolute atomic E-state index is 0.0168. The van der Waals surface area contributed by atoms with Gasteiger partial charge in [0.25, 0.3) is 0 Å². The van der Waals surface area contributed by atoms with Crippen LogP contribution in [0.2, 0.25) is 0 Å². The maximum Gasteiger partial charge on any atom is 0.246 e. The van der Waals surface area contributed by atoms with Crippen LogP contribution in [-0.4, -0.2) is 78.9 Å². The van der Waals surface area contributed by atoms with E-state index in [0.29, 0.717) is 49.1 Å². The number of rotatable bonds is 13. The Hall–Kier alpha value is -4.41. The third-order valence-corrected chi connectivity index (χ3v) is 5.51. The number of amides is 2. The van der Waals surface area contributed by atoms with E-state index in [0.717, 1.165) is 6.42 Å². The maximum atomic E-state index is 13.5. The van der Waals surface area contributed by atoms with Crippen LogP contribution in [0.25, 0.3) is 0 Å². The molecule has 2 amide bonds. The predicted molar refractivity (Wildman–Crippen MR) is 164 cm³/mol. The van der Waals surface area contributed by atoms with Gasteiger partial charge < -0.3 is 25.8 Å². The van der Waals surface area contributed by atoms with E-state index in [1.807, 2.05) is 32.8 Å². The number of benzene rings is 1. The number of likely N-dealkylation sites (N-methyl/N-ethyl adjacent to an activating group) is 2. The Kier molecular flexibility index (Phi) is 15.2. The summed E-state index contributed by atoms with van der Waals surface area (Å²) in [6.45, 7) is 7.82. The van der Waals surface area contributed by atoms with E-state index in [4.69, 9.17) is 0 Å². The molecule has 0 spiro atoms. The molecule has 220 valence electrons. The number of carbonyl (C=O) groups is 2. The number of nitrogens with zero attached hydrogens (tertiary/aromatic N) is 4. The van der Waals surface area contributed by atoms with Crippen molar-refractivity contribution in [1.82, 2.24) is 25.1 Å². The van der Waals surface area contributed by atoms with Gasteiger partial charge >= 0.3 is 0 Å². The molecule has 0 aliphatic heterocycles. The van der Waals surface area contributed by atoms with Gasteiger partial charge in [0.05, 0.1) is 18.3 Å². The van der Waals surface area contributed by atoms with Crippen molar-refractivity contribution in [2.75, 3.05) is 58.0 Å². The molecule has 2 aromatic rings. The third-order valence-electron chi connectivity index (χ3n) is 5.51. The highest BCUT2D eigenvalue weighted by atomic mass is 19.1. The van der Waals surface area contributed by atoms with Crippen LogP contribution in [0.3, 0.4) is 0 Å². The lowest BCUT2D eigenvalue weighted by atomic mass is 9.90. The van der Waals surface area contributed by atoms with Gasteiger partial charge in [-0.25, -0.2) is 9.37 Å². The minimum Gasteiger partial charge on any atom is -0.369 e. The number of aromatic nitrogens is 2. The van der Waals surface area contributed by atoms with E-state index < -0.39 is 5.41 Å². The maximum absolute atomic E-state index is 13.5. The monoisotopic (exact) mass is 563 g/mol. The molecule has 41 heavy (non-hydrogen) atoms. The summed E-state index contributed by atoms with van der Waals surface area (Å²) in [5.74, 6) is 6.58. The van der Waals surface area contributed by atoms with E-state index in [1.54, 1.807) is 31.5 Å². The first-order chi connectivity index (χ1) is 19.5. The molecule has 0 atom stereocenters. The molecule has 0 bridgehead atoms. The number of hydrogen-bond acceptors (Lipinski definition) is 7. The number of anilines is 3. The van der Waals surface area contributed by atoms with E-state index in [1.165, 1.54) is 23.1 Å².